The molecule has 0 bridgehead atoms. The molecular formula is C21H22O4. The Kier molecular flexibility index (Phi) is 5.86. The second-order valence-corrected chi connectivity index (χ2v) is 6.48. The Morgan fingerprint density at radius 2 is 1.32 bits per heavy atom. The molecule has 25 heavy (non-hydrogen) atoms. The van der Waals surface area contributed by atoms with E-state index in [2.05, 4.69) is 0 Å². The quantitative estimate of drug-likeness (QED) is 0.565. The molecule has 2 rings (SSSR count). The Hall–Kier alpha value is -2.75. The lowest BCUT2D eigenvalue weighted by Crippen LogP contribution is -2.34. The van der Waals surface area contributed by atoms with Crippen molar-refractivity contribution in [2.45, 2.75) is 26.7 Å². The highest BCUT2D eigenvalue weighted by molar-refractivity contribution is 6.03. The molecule has 0 fully saturated rings. The van der Waals surface area contributed by atoms with Crippen LogP contribution in [0.2, 0.25) is 0 Å². The fourth-order valence-corrected chi connectivity index (χ4v) is 2.73. The average molecular weight is 338 g/mol. The van der Waals surface area contributed by atoms with Crippen LogP contribution < -0.4 is 0 Å². The van der Waals surface area contributed by atoms with E-state index in [0.717, 1.165) is 5.56 Å². The summed E-state index contributed by atoms with van der Waals surface area (Å²) in [4.78, 5) is 37.4. The Morgan fingerprint density at radius 1 is 0.840 bits per heavy atom. The van der Waals surface area contributed by atoms with Crippen molar-refractivity contribution in [3.63, 3.8) is 0 Å². The van der Waals surface area contributed by atoms with E-state index in [4.69, 9.17) is 4.74 Å². The summed E-state index contributed by atoms with van der Waals surface area (Å²) in [5, 5.41) is 0. The van der Waals surface area contributed by atoms with Crippen molar-refractivity contribution in [1.29, 1.82) is 0 Å². The number of carbonyl (C=O) groups is 3. The molecule has 0 aliphatic heterocycles. The number of ketones is 2. The number of aryl methyl sites for hydroxylation is 1. The van der Waals surface area contributed by atoms with Crippen LogP contribution in [-0.4, -0.2) is 24.6 Å². The highest BCUT2D eigenvalue weighted by Crippen LogP contribution is 2.31. The van der Waals surface area contributed by atoms with Gasteiger partial charge in [0.1, 0.15) is 0 Å². The zero-order chi connectivity index (χ0) is 18.4. The maximum absolute atomic E-state index is 12.6. The van der Waals surface area contributed by atoms with E-state index in [0.29, 0.717) is 11.1 Å². The van der Waals surface area contributed by atoms with E-state index in [9.17, 15) is 14.4 Å². The van der Waals surface area contributed by atoms with Crippen LogP contribution >= 0.6 is 0 Å². The molecule has 2 aromatic rings. The Morgan fingerprint density at radius 3 is 1.80 bits per heavy atom. The summed E-state index contributed by atoms with van der Waals surface area (Å²) >= 11 is 0. The number of ether oxygens (including phenoxy) is 1. The van der Waals surface area contributed by atoms with Gasteiger partial charge in [0.15, 0.2) is 11.6 Å². The van der Waals surface area contributed by atoms with Gasteiger partial charge in [0.2, 0.25) is 0 Å². The zero-order valence-corrected chi connectivity index (χ0v) is 14.7. The Balaban J connectivity index is 2.22. The summed E-state index contributed by atoms with van der Waals surface area (Å²) in [5.41, 5.74) is 0.878. The Bertz CT molecular complexity index is 762. The van der Waals surface area contributed by atoms with Gasteiger partial charge >= 0.3 is 5.97 Å². The van der Waals surface area contributed by atoms with E-state index in [1.165, 1.54) is 7.11 Å². The van der Waals surface area contributed by atoms with Gasteiger partial charge in [-0.3, -0.25) is 14.4 Å². The van der Waals surface area contributed by atoms with Crippen molar-refractivity contribution >= 4 is 17.5 Å². The molecule has 130 valence electrons. The van der Waals surface area contributed by atoms with Crippen LogP contribution in [0.3, 0.4) is 0 Å². The molecule has 0 saturated heterocycles. The third kappa shape index (κ3) is 4.63. The van der Waals surface area contributed by atoms with Crippen LogP contribution in [0.4, 0.5) is 0 Å². The smallest absolute Gasteiger partial charge is 0.312 e. The number of Topliss-reactive ketones (excluding diaryl/α,β-unsaturated/α-hetero) is 2. The summed E-state index contributed by atoms with van der Waals surface area (Å²) in [6.45, 7) is 3.54. The summed E-state index contributed by atoms with van der Waals surface area (Å²) in [6.07, 6.45) is -0.164. The molecule has 2 aromatic carbocycles. The average Bonchev–Trinajstić information content (AvgIpc) is 2.62. The van der Waals surface area contributed by atoms with E-state index >= 15 is 0 Å². The first-order chi connectivity index (χ1) is 11.9. The summed E-state index contributed by atoms with van der Waals surface area (Å²) in [6, 6.07) is 15.9. The minimum absolute atomic E-state index is 0.0820. The second-order valence-electron chi connectivity index (χ2n) is 6.48. The second kappa shape index (κ2) is 7.88. The van der Waals surface area contributed by atoms with Crippen molar-refractivity contribution in [3.8, 4) is 0 Å². The van der Waals surface area contributed by atoms with Crippen molar-refractivity contribution in [2.24, 2.45) is 5.41 Å². The van der Waals surface area contributed by atoms with Crippen LogP contribution in [0.25, 0.3) is 0 Å². The molecule has 0 aliphatic carbocycles. The van der Waals surface area contributed by atoms with Gasteiger partial charge < -0.3 is 4.74 Å². The van der Waals surface area contributed by atoms with E-state index in [1.807, 2.05) is 25.1 Å². The fraction of sp³-hybridized carbons (Fsp3) is 0.286. The molecule has 0 spiro atoms. The number of methoxy groups -OCH3 is 1. The third-order valence-corrected chi connectivity index (χ3v) is 4.25. The predicted octanol–water partition coefficient (Wildman–Crippen LogP) is 4.02. The highest BCUT2D eigenvalue weighted by atomic mass is 16.5. The normalized spacial score (nSPS) is 12.9. The molecule has 0 aromatic heterocycles. The van der Waals surface area contributed by atoms with E-state index < -0.39 is 11.4 Å². The maximum atomic E-state index is 12.6. The lowest BCUT2D eigenvalue weighted by molar-refractivity contribution is -0.151. The number of carbonyl (C=O) groups excluding carboxylic acids is 3. The van der Waals surface area contributed by atoms with Crippen LogP contribution in [0.15, 0.2) is 54.6 Å². The first-order valence-electron chi connectivity index (χ1n) is 8.12. The van der Waals surface area contributed by atoms with Crippen molar-refractivity contribution in [2.75, 3.05) is 7.11 Å². The van der Waals surface area contributed by atoms with Crippen molar-refractivity contribution < 1.29 is 19.1 Å². The number of hydrogen-bond acceptors (Lipinski definition) is 4. The minimum Gasteiger partial charge on any atom is -0.469 e. The summed E-state index contributed by atoms with van der Waals surface area (Å²) in [7, 11) is 1.27. The zero-order valence-electron chi connectivity index (χ0n) is 14.7. The van der Waals surface area contributed by atoms with Crippen molar-refractivity contribution in [3.05, 3.63) is 71.3 Å². The van der Waals surface area contributed by atoms with Gasteiger partial charge in [0, 0.05) is 24.0 Å². The molecule has 4 heteroatoms. The largest absolute Gasteiger partial charge is 0.469 e. The molecule has 0 radical (unpaired) electrons. The Labute approximate surface area is 147 Å². The van der Waals surface area contributed by atoms with Gasteiger partial charge in [-0.1, -0.05) is 60.2 Å². The number of benzene rings is 2. The molecule has 0 heterocycles. The molecule has 0 amide bonds. The molecule has 4 nitrogen and oxygen atoms in total. The molecule has 0 aliphatic rings. The standard InChI is InChI=1S/C21H22O4/c1-15-9-11-17(12-10-15)19(23)14-21(2,20(24)25-3)13-18(22)16-7-5-4-6-8-16/h4-12H,13-14H2,1-3H3. The monoisotopic (exact) mass is 338 g/mol. The lowest BCUT2D eigenvalue weighted by atomic mass is 9.78. The molecule has 1 atom stereocenters. The lowest BCUT2D eigenvalue weighted by Gasteiger charge is -2.25. The predicted molar refractivity (Wildman–Crippen MR) is 95.6 cm³/mol. The van der Waals surface area contributed by atoms with E-state index in [1.54, 1.807) is 43.3 Å². The van der Waals surface area contributed by atoms with Gasteiger partial charge in [-0.25, -0.2) is 0 Å². The van der Waals surface area contributed by atoms with Crippen LogP contribution in [0, 0.1) is 12.3 Å². The van der Waals surface area contributed by atoms with Crippen molar-refractivity contribution in [1.82, 2.24) is 0 Å². The third-order valence-electron chi connectivity index (χ3n) is 4.25. The molecule has 0 saturated carbocycles. The number of rotatable bonds is 7. The van der Waals surface area contributed by atoms with Gasteiger partial charge in [-0.15, -0.1) is 0 Å². The SMILES string of the molecule is COC(=O)C(C)(CC(=O)c1ccccc1)CC(=O)c1ccc(C)cc1. The first-order valence-corrected chi connectivity index (χ1v) is 8.12. The van der Waals surface area contributed by atoms with Gasteiger partial charge in [0.25, 0.3) is 0 Å². The first kappa shape index (κ1) is 18.6. The maximum Gasteiger partial charge on any atom is 0.312 e. The van der Waals surface area contributed by atoms with Crippen LogP contribution in [0.5, 0.6) is 0 Å². The van der Waals surface area contributed by atoms with E-state index in [-0.39, 0.29) is 24.4 Å². The number of hydrogen-bond donors (Lipinski definition) is 0. The van der Waals surface area contributed by atoms with Gasteiger partial charge in [-0.2, -0.15) is 0 Å². The topological polar surface area (TPSA) is 60.4 Å². The molecule has 0 N–H and O–H groups in total. The van der Waals surface area contributed by atoms with Gasteiger partial charge in [0.05, 0.1) is 12.5 Å². The van der Waals surface area contributed by atoms with Crippen LogP contribution in [-0.2, 0) is 9.53 Å². The molecule has 1 unspecified atom stereocenters. The molecular weight excluding hydrogens is 316 g/mol. The summed E-state index contributed by atoms with van der Waals surface area (Å²) < 4.78 is 4.86. The summed E-state index contributed by atoms with van der Waals surface area (Å²) in [5.74, 6) is -0.934. The number of esters is 1. The minimum atomic E-state index is -1.20. The van der Waals surface area contributed by atoms with Gasteiger partial charge in [-0.05, 0) is 13.8 Å². The highest BCUT2D eigenvalue weighted by Gasteiger charge is 2.39. The fourth-order valence-electron chi connectivity index (χ4n) is 2.73. The van der Waals surface area contributed by atoms with Crippen LogP contribution in [0.1, 0.15) is 46.0 Å².